The van der Waals surface area contributed by atoms with Gasteiger partial charge in [0.2, 0.25) is 5.91 Å². The number of amides is 1. The number of thiazole rings is 1. The molecule has 40 heavy (non-hydrogen) atoms. The predicted octanol–water partition coefficient (Wildman–Crippen LogP) is 4.62. The van der Waals surface area contributed by atoms with Gasteiger partial charge in [0, 0.05) is 37.9 Å². The number of benzene rings is 1. The molecule has 1 aliphatic heterocycles. The normalized spacial score (nSPS) is 16.8. The van der Waals surface area contributed by atoms with E-state index >= 15 is 0 Å². The quantitative estimate of drug-likeness (QED) is 0.238. The van der Waals surface area contributed by atoms with Gasteiger partial charge in [0.15, 0.2) is 10.9 Å². The summed E-state index contributed by atoms with van der Waals surface area (Å²) in [6, 6.07) is 7.45. The molecule has 3 heterocycles. The van der Waals surface area contributed by atoms with Gasteiger partial charge in [-0.25, -0.2) is 9.97 Å². The molecule has 1 amide bonds. The van der Waals surface area contributed by atoms with E-state index in [-0.39, 0.29) is 17.6 Å². The number of hydrogen-bond donors (Lipinski definition) is 2. The smallest absolute Gasteiger partial charge is 0.383 e. The molecule has 0 aliphatic carbocycles. The molecule has 3 aromatic rings. The molecule has 1 fully saturated rings. The summed E-state index contributed by atoms with van der Waals surface area (Å²) in [4.78, 5) is 37.9. The summed E-state index contributed by atoms with van der Waals surface area (Å²) in [5.74, 6) is -0.637. The van der Waals surface area contributed by atoms with Crippen LogP contribution >= 0.6 is 11.3 Å². The molecule has 2 N–H and O–H groups in total. The summed E-state index contributed by atoms with van der Waals surface area (Å²) in [6.45, 7) is 2.40. The zero-order valence-electron chi connectivity index (χ0n) is 21.7. The molecule has 13 heteroatoms. The van der Waals surface area contributed by atoms with Crippen molar-refractivity contribution in [2.24, 2.45) is 0 Å². The first-order valence-corrected chi connectivity index (χ1v) is 13.4. The Bertz CT molecular complexity index is 1320. The van der Waals surface area contributed by atoms with Gasteiger partial charge < -0.3 is 20.2 Å². The van der Waals surface area contributed by atoms with Crippen molar-refractivity contribution in [3.05, 3.63) is 65.4 Å². The minimum absolute atomic E-state index is 0.0761. The predicted molar refractivity (Wildman–Crippen MR) is 146 cm³/mol. The molecule has 0 radical (unpaired) electrons. The van der Waals surface area contributed by atoms with E-state index in [1.807, 2.05) is 6.08 Å². The number of aromatic nitrogens is 3. The van der Waals surface area contributed by atoms with E-state index in [0.29, 0.717) is 53.2 Å². The number of halogens is 3. The molecular weight excluding hydrogens is 545 g/mol. The van der Waals surface area contributed by atoms with Gasteiger partial charge in [-0.3, -0.25) is 14.7 Å². The molecule has 2 atom stereocenters. The highest BCUT2D eigenvalue weighted by Gasteiger charge is 2.33. The number of methoxy groups -OCH3 is 1. The molecule has 4 rings (SSSR count). The largest absolute Gasteiger partial charge is 0.427 e. The van der Waals surface area contributed by atoms with Crippen LogP contribution in [0.1, 0.15) is 29.2 Å². The number of likely N-dealkylation sites (tertiary alicyclic amines) is 1. The van der Waals surface area contributed by atoms with Crippen LogP contribution in [0.25, 0.3) is 11.3 Å². The SMILES string of the molecule is COC[C@@H]1CCCN1C/C=C/C(=O)Nc1cnc(-c2cccc([C@H](C=O)CNc3ncc(C(F)(F)F)s3)c2)cn1. The van der Waals surface area contributed by atoms with Gasteiger partial charge >= 0.3 is 6.18 Å². The van der Waals surface area contributed by atoms with Gasteiger partial charge in [0.05, 0.1) is 36.8 Å². The average molecular weight is 575 g/mol. The van der Waals surface area contributed by atoms with Crippen LogP contribution in [0.3, 0.4) is 0 Å². The number of alkyl halides is 3. The molecule has 1 aromatic carbocycles. The minimum atomic E-state index is -4.46. The van der Waals surface area contributed by atoms with E-state index in [9.17, 15) is 22.8 Å². The topological polar surface area (TPSA) is 109 Å². The maximum atomic E-state index is 12.8. The zero-order chi connectivity index (χ0) is 28.5. The Morgan fingerprint density at radius 2 is 2.10 bits per heavy atom. The second kappa shape index (κ2) is 13.6. The Morgan fingerprint density at radius 3 is 2.80 bits per heavy atom. The Balaban J connectivity index is 1.32. The van der Waals surface area contributed by atoms with E-state index in [4.69, 9.17) is 4.74 Å². The van der Waals surface area contributed by atoms with Crippen molar-refractivity contribution in [2.75, 3.05) is 44.0 Å². The second-order valence-corrected chi connectivity index (χ2v) is 10.2. The molecule has 0 spiro atoms. The van der Waals surface area contributed by atoms with Crippen molar-refractivity contribution in [1.82, 2.24) is 19.9 Å². The van der Waals surface area contributed by atoms with Crippen molar-refractivity contribution < 1.29 is 27.5 Å². The lowest BCUT2D eigenvalue weighted by atomic mass is 9.97. The molecule has 212 valence electrons. The monoisotopic (exact) mass is 574 g/mol. The van der Waals surface area contributed by atoms with Crippen LogP contribution in [0.4, 0.5) is 24.1 Å². The summed E-state index contributed by atoms with van der Waals surface area (Å²) in [7, 11) is 1.69. The van der Waals surface area contributed by atoms with Crippen molar-refractivity contribution in [2.45, 2.75) is 31.0 Å². The summed E-state index contributed by atoms with van der Waals surface area (Å²) in [5, 5.41) is 5.58. The average Bonchev–Trinajstić information content (AvgIpc) is 3.60. The zero-order valence-corrected chi connectivity index (χ0v) is 22.5. The highest BCUT2D eigenvalue weighted by molar-refractivity contribution is 7.15. The number of rotatable bonds is 12. The third kappa shape index (κ3) is 7.93. The molecule has 0 unspecified atom stereocenters. The summed E-state index contributed by atoms with van der Waals surface area (Å²) >= 11 is 0.482. The van der Waals surface area contributed by atoms with E-state index in [1.165, 1.54) is 18.5 Å². The van der Waals surface area contributed by atoms with E-state index in [0.717, 1.165) is 31.9 Å². The summed E-state index contributed by atoms with van der Waals surface area (Å²) < 4.78 is 43.7. The number of anilines is 2. The lowest BCUT2D eigenvalue weighted by Crippen LogP contribution is -2.33. The molecular formula is C27H29F3N6O3S. The van der Waals surface area contributed by atoms with Crippen LogP contribution in [0, 0.1) is 0 Å². The minimum Gasteiger partial charge on any atom is -0.383 e. The number of carbonyl (C=O) groups excluding carboxylic acids is 2. The van der Waals surface area contributed by atoms with Gasteiger partial charge in [-0.15, -0.1) is 0 Å². The maximum Gasteiger partial charge on any atom is 0.427 e. The number of ether oxygens (including phenoxy) is 1. The Hall–Kier alpha value is -3.68. The van der Waals surface area contributed by atoms with E-state index in [2.05, 4.69) is 30.5 Å². The molecule has 2 aromatic heterocycles. The highest BCUT2D eigenvalue weighted by atomic mass is 32.1. The summed E-state index contributed by atoms with van der Waals surface area (Å²) in [5.41, 5.74) is 1.88. The Labute approximate surface area is 233 Å². The molecule has 0 bridgehead atoms. The fourth-order valence-electron chi connectivity index (χ4n) is 4.38. The fourth-order valence-corrected chi connectivity index (χ4v) is 5.07. The lowest BCUT2D eigenvalue weighted by Gasteiger charge is -2.21. The molecule has 0 saturated carbocycles. The summed E-state index contributed by atoms with van der Waals surface area (Å²) in [6.07, 6.45) is 5.48. The standard InChI is InChI=1S/C27H29F3N6O3S/c1-39-17-21-7-3-9-36(21)10-4-8-25(38)35-24-15-31-22(13-32-24)19-6-2-5-18(11-19)20(16-37)12-33-26-34-14-23(40-26)27(28,29)30/h2,4-6,8,11,13-16,20-21H,3,7,9-10,12,17H2,1H3,(H,33,34)(H,32,35,38)/b8-4+/t20-,21-/m0/s1. The second-order valence-electron chi connectivity index (χ2n) is 9.20. The lowest BCUT2D eigenvalue weighted by molar-refractivity contribution is -0.134. The first-order chi connectivity index (χ1) is 19.3. The van der Waals surface area contributed by atoms with E-state index < -0.39 is 17.0 Å². The van der Waals surface area contributed by atoms with Crippen LogP contribution in [0.2, 0.25) is 0 Å². The third-order valence-electron chi connectivity index (χ3n) is 6.40. The number of hydrogen-bond acceptors (Lipinski definition) is 9. The van der Waals surface area contributed by atoms with Crippen molar-refractivity contribution >= 4 is 34.5 Å². The molecule has 1 aliphatic rings. The van der Waals surface area contributed by atoms with Crippen molar-refractivity contribution in [3.63, 3.8) is 0 Å². The van der Waals surface area contributed by atoms with Gasteiger partial charge in [-0.1, -0.05) is 35.6 Å². The number of nitrogens with zero attached hydrogens (tertiary/aromatic N) is 4. The Kier molecular flexibility index (Phi) is 9.96. The molecule has 1 saturated heterocycles. The number of aldehydes is 1. The van der Waals surface area contributed by atoms with Crippen LogP contribution in [0.5, 0.6) is 0 Å². The fraction of sp³-hybridized carbons (Fsp3) is 0.370. The number of carbonyl (C=O) groups is 2. The number of nitrogens with one attached hydrogen (secondary N) is 2. The van der Waals surface area contributed by atoms with Crippen LogP contribution in [0.15, 0.2) is 55.0 Å². The Morgan fingerprint density at radius 1 is 1.25 bits per heavy atom. The third-order valence-corrected chi connectivity index (χ3v) is 7.40. The van der Waals surface area contributed by atoms with Gasteiger partial charge in [-0.2, -0.15) is 13.2 Å². The van der Waals surface area contributed by atoms with Gasteiger partial charge in [-0.05, 0) is 31.0 Å². The van der Waals surface area contributed by atoms with Gasteiger partial charge in [0.25, 0.3) is 0 Å². The first kappa shape index (κ1) is 29.3. The van der Waals surface area contributed by atoms with Crippen LogP contribution < -0.4 is 10.6 Å². The van der Waals surface area contributed by atoms with Gasteiger partial charge in [0.1, 0.15) is 11.2 Å². The van der Waals surface area contributed by atoms with Crippen molar-refractivity contribution in [3.8, 4) is 11.3 Å². The van der Waals surface area contributed by atoms with Crippen LogP contribution in [-0.4, -0.2) is 71.4 Å². The maximum absolute atomic E-state index is 12.8. The highest BCUT2D eigenvalue weighted by Crippen LogP contribution is 2.35. The van der Waals surface area contributed by atoms with Crippen LogP contribution in [-0.2, 0) is 20.5 Å². The molecule has 9 nitrogen and oxygen atoms in total. The first-order valence-electron chi connectivity index (χ1n) is 12.6. The van der Waals surface area contributed by atoms with Crippen molar-refractivity contribution in [1.29, 1.82) is 0 Å². The van der Waals surface area contributed by atoms with E-state index in [1.54, 1.807) is 31.4 Å².